The highest BCUT2D eigenvalue weighted by molar-refractivity contribution is 6.37. The lowest BCUT2D eigenvalue weighted by molar-refractivity contribution is -0.110. The van der Waals surface area contributed by atoms with Crippen LogP contribution in [-0.4, -0.2) is 37.0 Å². The molecule has 1 amide bonds. The van der Waals surface area contributed by atoms with E-state index >= 15 is 0 Å². The molecule has 0 atom stereocenters. The summed E-state index contributed by atoms with van der Waals surface area (Å²) in [7, 11) is 1.34. The Labute approximate surface area is 213 Å². The summed E-state index contributed by atoms with van der Waals surface area (Å²) in [4.78, 5) is 27.6. The fourth-order valence-electron chi connectivity index (χ4n) is 4.55. The summed E-state index contributed by atoms with van der Waals surface area (Å²) in [5.41, 5.74) is 6.03. The molecule has 0 spiro atoms. The van der Waals surface area contributed by atoms with Crippen molar-refractivity contribution in [2.75, 3.05) is 30.8 Å². The Morgan fingerprint density at radius 2 is 1.61 bits per heavy atom. The fourth-order valence-corrected chi connectivity index (χ4v) is 4.55. The molecule has 186 valence electrons. The van der Waals surface area contributed by atoms with Crippen molar-refractivity contribution in [2.24, 2.45) is 0 Å². The molecule has 0 bridgehead atoms. The molecule has 0 saturated carbocycles. The summed E-state index contributed by atoms with van der Waals surface area (Å²) in [5.74, 6) is -0.660. The predicted octanol–water partition coefficient (Wildman–Crippen LogP) is 6.03. The van der Waals surface area contributed by atoms with E-state index in [-0.39, 0.29) is 5.91 Å². The zero-order valence-corrected chi connectivity index (χ0v) is 21.1. The zero-order valence-electron chi connectivity index (χ0n) is 21.1. The molecule has 6 heteroatoms. The molecule has 0 unspecified atom stereocenters. The number of methoxy groups -OCH3 is 1. The predicted molar refractivity (Wildman–Crippen MR) is 146 cm³/mol. The van der Waals surface area contributed by atoms with Crippen LogP contribution >= 0.6 is 0 Å². The van der Waals surface area contributed by atoms with Crippen LogP contribution in [0.15, 0.2) is 72.8 Å². The van der Waals surface area contributed by atoms with Crippen LogP contribution < -0.4 is 10.6 Å². The van der Waals surface area contributed by atoms with Gasteiger partial charge in [0, 0.05) is 17.8 Å². The summed E-state index contributed by atoms with van der Waals surface area (Å²) < 4.78 is 4.83. The lowest BCUT2D eigenvalue weighted by Crippen LogP contribution is -2.24. The van der Waals surface area contributed by atoms with E-state index in [1.54, 1.807) is 18.2 Å². The topological polar surface area (TPSA) is 70.7 Å². The first-order valence-corrected chi connectivity index (χ1v) is 12.5. The van der Waals surface area contributed by atoms with E-state index < -0.39 is 5.97 Å². The summed E-state index contributed by atoms with van der Waals surface area (Å²) >= 11 is 0. The molecule has 36 heavy (non-hydrogen) atoms. The van der Waals surface area contributed by atoms with Gasteiger partial charge in [0.1, 0.15) is 0 Å². The summed E-state index contributed by atoms with van der Waals surface area (Å²) in [5, 5.41) is 6.41. The van der Waals surface area contributed by atoms with E-state index in [0.717, 1.165) is 49.3 Å². The molecule has 0 aliphatic carbocycles. The van der Waals surface area contributed by atoms with Crippen molar-refractivity contribution in [3.63, 3.8) is 0 Å². The molecule has 0 saturated heterocycles. The average molecular weight is 484 g/mol. The van der Waals surface area contributed by atoms with Crippen molar-refractivity contribution in [1.82, 2.24) is 4.90 Å². The van der Waals surface area contributed by atoms with Crippen molar-refractivity contribution < 1.29 is 14.3 Å². The molecule has 0 fully saturated rings. The van der Waals surface area contributed by atoms with E-state index in [1.165, 1.54) is 12.7 Å². The Hall–Kier alpha value is -3.90. The van der Waals surface area contributed by atoms with Gasteiger partial charge in [-0.25, -0.2) is 4.79 Å². The first-order chi connectivity index (χ1) is 17.5. The van der Waals surface area contributed by atoms with Crippen molar-refractivity contribution in [3.05, 3.63) is 95.1 Å². The van der Waals surface area contributed by atoms with Gasteiger partial charge >= 0.3 is 5.97 Å². The van der Waals surface area contributed by atoms with E-state index in [0.29, 0.717) is 22.5 Å². The fraction of sp³-hybridized carbons (Fsp3) is 0.267. The summed E-state index contributed by atoms with van der Waals surface area (Å²) in [6.07, 6.45) is 2.27. The molecule has 6 nitrogen and oxygen atoms in total. The van der Waals surface area contributed by atoms with Gasteiger partial charge in [0.25, 0.3) is 5.91 Å². The van der Waals surface area contributed by atoms with E-state index in [9.17, 15) is 9.59 Å². The van der Waals surface area contributed by atoms with E-state index in [2.05, 4.69) is 53.6 Å². The first-order valence-electron chi connectivity index (χ1n) is 12.5. The van der Waals surface area contributed by atoms with Crippen LogP contribution in [0.2, 0.25) is 0 Å². The minimum Gasteiger partial charge on any atom is -0.465 e. The second-order valence-corrected chi connectivity index (χ2v) is 8.92. The normalized spacial score (nSPS) is 13.8. The Bertz CT molecular complexity index is 1240. The number of ether oxygens (including phenoxy) is 1. The van der Waals surface area contributed by atoms with Gasteiger partial charge in [-0.3, -0.25) is 9.69 Å². The largest absolute Gasteiger partial charge is 0.465 e. The van der Waals surface area contributed by atoms with Crippen LogP contribution in [0.1, 0.15) is 53.7 Å². The second kappa shape index (κ2) is 11.7. The minimum atomic E-state index is -0.442. The monoisotopic (exact) mass is 483 g/mol. The molecule has 3 aromatic rings. The quantitative estimate of drug-likeness (QED) is 0.272. The van der Waals surface area contributed by atoms with Gasteiger partial charge in [0.15, 0.2) is 0 Å². The number of carbonyl (C=O) groups excluding carboxylic acids is 2. The number of hydrogen-bond acceptors (Lipinski definition) is 5. The highest BCUT2D eigenvalue weighted by Gasteiger charge is 2.29. The molecule has 0 radical (unpaired) electrons. The molecule has 3 aromatic carbocycles. The third-order valence-corrected chi connectivity index (χ3v) is 6.21. The van der Waals surface area contributed by atoms with Crippen LogP contribution in [0.3, 0.4) is 0 Å². The SMILES string of the molecule is CCCN(CCC)Cc1ccc(NC(=C2C(=O)Nc3cc(C(=O)OC)ccc32)c2ccccc2)cc1. The van der Waals surface area contributed by atoms with Crippen molar-refractivity contribution in [2.45, 2.75) is 33.2 Å². The smallest absolute Gasteiger partial charge is 0.337 e. The van der Waals surface area contributed by atoms with Crippen molar-refractivity contribution in [3.8, 4) is 0 Å². The number of nitrogens with one attached hydrogen (secondary N) is 2. The van der Waals surface area contributed by atoms with Gasteiger partial charge in [-0.15, -0.1) is 0 Å². The lowest BCUT2D eigenvalue weighted by atomic mass is 9.99. The molecule has 0 aromatic heterocycles. The van der Waals surface area contributed by atoms with Crippen LogP contribution in [0.25, 0.3) is 11.3 Å². The lowest BCUT2D eigenvalue weighted by Gasteiger charge is -2.21. The minimum absolute atomic E-state index is 0.218. The Morgan fingerprint density at radius 3 is 2.25 bits per heavy atom. The molecule has 1 aliphatic rings. The maximum absolute atomic E-state index is 13.2. The molecular formula is C30H33N3O3. The van der Waals surface area contributed by atoms with Gasteiger partial charge in [-0.05, 0) is 61.3 Å². The number of fused-ring (bicyclic) bond motifs is 1. The molecular weight excluding hydrogens is 450 g/mol. The molecule has 1 aliphatic heterocycles. The number of nitrogens with zero attached hydrogens (tertiary/aromatic N) is 1. The van der Waals surface area contributed by atoms with Crippen LogP contribution in [0.4, 0.5) is 11.4 Å². The average Bonchev–Trinajstić information content (AvgIpc) is 3.23. The van der Waals surface area contributed by atoms with Crippen LogP contribution in [0.5, 0.6) is 0 Å². The third kappa shape index (κ3) is 5.66. The van der Waals surface area contributed by atoms with Gasteiger partial charge in [-0.2, -0.15) is 0 Å². The van der Waals surface area contributed by atoms with E-state index in [4.69, 9.17) is 4.74 Å². The van der Waals surface area contributed by atoms with Gasteiger partial charge in [0.05, 0.1) is 29.6 Å². The highest BCUT2D eigenvalue weighted by Crippen LogP contribution is 2.38. The maximum atomic E-state index is 13.2. The van der Waals surface area contributed by atoms with Gasteiger partial charge in [0.2, 0.25) is 0 Å². The number of rotatable bonds is 10. The van der Waals surface area contributed by atoms with Crippen LogP contribution in [-0.2, 0) is 16.1 Å². The Morgan fingerprint density at radius 1 is 0.917 bits per heavy atom. The maximum Gasteiger partial charge on any atom is 0.337 e. The number of carbonyl (C=O) groups is 2. The first kappa shape index (κ1) is 25.2. The Balaban J connectivity index is 1.68. The number of benzene rings is 3. The van der Waals surface area contributed by atoms with Gasteiger partial charge in [-0.1, -0.05) is 62.4 Å². The Kier molecular flexibility index (Phi) is 8.18. The number of anilines is 2. The number of esters is 1. The summed E-state index contributed by atoms with van der Waals surface area (Å²) in [6.45, 7) is 7.52. The van der Waals surface area contributed by atoms with Crippen molar-refractivity contribution in [1.29, 1.82) is 0 Å². The third-order valence-electron chi connectivity index (χ3n) is 6.21. The number of hydrogen-bond donors (Lipinski definition) is 2. The van der Waals surface area contributed by atoms with Gasteiger partial charge < -0.3 is 15.4 Å². The summed E-state index contributed by atoms with van der Waals surface area (Å²) in [6, 6.07) is 23.3. The standard InChI is InChI=1S/C30H33N3O3/c1-4-17-33(18-5-2)20-21-11-14-24(15-12-21)31-28(22-9-7-6-8-10-22)27-25-16-13-23(30(35)36-3)19-26(25)32-29(27)34/h6-16,19,31H,4-5,17-18,20H2,1-3H3,(H,32,34). The highest BCUT2D eigenvalue weighted by atomic mass is 16.5. The second-order valence-electron chi connectivity index (χ2n) is 8.92. The zero-order chi connectivity index (χ0) is 25.5. The molecule has 1 heterocycles. The van der Waals surface area contributed by atoms with Crippen molar-refractivity contribution >= 4 is 34.5 Å². The van der Waals surface area contributed by atoms with Crippen LogP contribution in [0, 0.1) is 0 Å². The van der Waals surface area contributed by atoms with E-state index in [1.807, 2.05) is 30.3 Å². The molecule has 4 rings (SSSR count). The number of amides is 1. The molecule has 2 N–H and O–H groups in total.